The summed E-state index contributed by atoms with van der Waals surface area (Å²) in [4.78, 5) is 16.2. The molecule has 0 saturated heterocycles. The molecule has 0 spiro atoms. The standard InChI is InChI=1S/C17H21N5O/c1-21(2)12-10-18-17(23)14-7-8-16(20-19-14)22-11-9-13-5-3-4-6-15(13)22/h3-8H,9-12H2,1-2H3,(H,18,23). The zero-order valence-electron chi connectivity index (χ0n) is 13.5. The smallest absolute Gasteiger partial charge is 0.271 e. The summed E-state index contributed by atoms with van der Waals surface area (Å²) in [7, 11) is 3.93. The Labute approximate surface area is 136 Å². The number of hydrogen-bond donors (Lipinski definition) is 1. The SMILES string of the molecule is CN(C)CCNC(=O)c1ccc(N2CCc3ccccc32)nn1. The fourth-order valence-electron chi connectivity index (χ4n) is 2.65. The predicted octanol–water partition coefficient (Wildman–Crippen LogP) is 1.46. The maximum absolute atomic E-state index is 12.0. The highest BCUT2D eigenvalue weighted by Gasteiger charge is 2.21. The van der Waals surface area contributed by atoms with Crippen LogP contribution < -0.4 is 10.2 Å². The molecular weight excluding hydrogens is 290 g/mol. The second-order valence-corrected chi connectivity index (χ2v) is 5.87. The van der Waals surface area contributed by atoms with Crippen LogP contribution in [0, 0.1) is 0 Å². The van der Waals surface area contributed by atoms with E-state index >= 15 is 0 Å². The van der Waals surface area contributed by atoms with Gasteiger partial charge in [-0.2, -0.15) is 0 Å². The number of carbonyl (C=O) groups is 1. The Morgan fingerprint density at radius 2 is 2.04 bits per heavy atom. The molecule has 1 aromatic carbocycles. The molecule has 0 aliphatic carbocycles. The Morgan fingerprint density at radius 1 is 1.22 bits per heavy atom. The van der Waals surface area contributed by atoms with Gasteiger partial charge in [0.2, 0.25) is 0 Å². The van der Waals surface area contributed by atoms with Crippen molar-refractivity contribution in [2.75, 3.05) is 38.6 Å². The molecular formula is C17H21N5O. The van der Waals surface area contributed by atoms with E-state index in [4.69, 9.17) is 0 Å². The highest BCUT2D eigenvalue weighted by Crippen LogP contribution is 2.32. The number of aromatic nitrogens is 2. The lowest BCUT2D eigenvalue weighted by molar-refractivity contribution is 0.0945. The number of fused-ring (bicyclic) bond motifs is 1. The molecule has 0 saturated carbocycles. The number of benzene rings is 1. The predicted molar refractivity (Wildman–Crippen MR) is 90.1 cm³/mol. The van der Waals surface area contributed by atoms with Crippen molar-refractivity contribution in [1.29, 1.82) is 0 Å². The molecule has 2 heterocycles. The maximum atomic E-state index is 12.0. The first-order valence-corrected chi connectivity index (χ1v) is 7.77. The van der Waals surface area contributed by atoms with Gasteiger partial charge in [0.05, 0.1) is 0 Å². The van der Waals surface area contributed by atoms with Gasteiger partial charge in [0.1, 0.15) is 0 Å². The third kappa shape index (κ3) is 3.48. The van der Waals surface area contributed by atoms with Crippen LogP contribution in [0.3, 0.4) is 0 Å². The van der Waals surface area contributed by atoms with E-state index in [0.717, 1.165) is 25.3 Å². The van der Waals surface area contributed by atoms with Gasteiger partial charge in [-0.3, -0.25) is 4.79 Å². The van der Waals surface area contributed by atoms with Gasteiger partial charge in [-0.25, -0.2) is 0 Å². The third-order valence-electron chi connectivity index (χ3n) is 3.89. The van der Waals surface area contributed by atoms with E-state index in [9.17, 15) is 4.79 Å². The third-order valence-corrected chi connectivity index (χ3v) is 3.89. The normalized spacial score (nSPS) is 13.3. The first-order valence-electron chi connectivity index (χ1n) is 7.77. The summed E-state index contributed by atoms with van der Waals surface area (Å²) in [5, 5.41) is 11.1. The monoisotopic (exact) mass is 311 g/mol. The topological polar surface area (TPSA) is 61.4 Å². The van der Waals surface area contributed by atoms with E-state index in [0.29, 0.717) is 12.2 Å². The molecule has 2 aromatic rings. The Morgan fingerprint density at radius 3 is 2.78 bits per heavy atom. The van der Waals surface area contributed by atoms with Crippen LogP contribution in [0.15, 0.2) is 36.4 Å². The first-order chi connectivity index (χ1) is 11.1. The zero-order chi connectivity index (χ0) is 16.2. The lowest BCUT2D eigenvalue weighted by atomic mass is 10.2. The first kappa shape index (κ1) is 15.4. The van der Waals surface area contributed by atoms with E-state index in [1.165, 1.54) is 11.3 Å². The molecule has 120 valence electrons. The van der Waals surface area contributed by atoms with Crippen molar-refractivity contribution in [1.82, 2.24) is 20.4 Å². The molecule has 23 heavy (non-hydrogen) atoms. The van der Waals surface area contributed by atoms with Crippen LogP contribution in [0.25, 0.3) is 0 Å². The molecule has 3 rings (SSSR count). The van der Waals surface area contributed by atoms with Gasteiger partial charge in [-0.15, -0.1) is 10.2 Å². The van der Waals surface area contributed by atoms with Crippen LogP contribution in [0.5, 0.6) is 0 Å². The van der Waals surface area contributed by atoms with Crippen molar-refractivity contribution >= 4 is 17.4 Å². The molecule has 0 bridgehead atoms. The molecule has 1 N–H and O–H groups in total. The molecule has 1 aliphatic heterocycles. The number of likely N-dealkylation sites (N-methyl/N-ethyl adjacent to an activating group) is 1. The van der Waals surface area contributed by atoms with Gasteiger partial charge in [-0.05, 0) is 44.3 Å². The summed E-state index contributed by atoms with van der Waals surface area (Å²) in [5.41, 5.74) is 2.84. The molecule has 0 fully saturated rings. The molecule has 0 atom stereocenters. The number of anilines is 2. The van der Waals surface area contributed by atoms with Crippen molar-refractivity contribution in [3.8, 4) is 0 Å². The second-order valence-electron chi connectivity index (χ2n) is 5.87. The number of nitrogens with one attached hydrogen (secondary N) is 1. The van der Waals surface area contributed by atoms with Crippen molar-refractivity contribution in [2.24, 2.45) is 0 Å². The second kappa shape index (κ2) is 6.75. The summed E-state index contributed by atoms with van der Waals surface area (Å²) >= 11 is 0. The number of amides is 1. The van der Waals surface area contributed by atoms with Crippen molar-refractivity contribution in [3.63, 3.8) is 0 Å². The van der Waals surface area contributed by atoms with Gasteiger partial charge in [0.25, 0.3) is 5.91 Å². The fourth-order valence-corrected chi connectivity index (χ4v) is 2.65. The van der Waals surface area contributed by atoms with Gasteiger partial charge in [-0.1, -0.05) is 18.2 Å². The number of carbonyl (C=O) groups excluding carboxylic acids is 1. The Balaban J connectivity index is 1.67. The van der Waals surface area contributed by atoms with Gasteiger partial charge < -0.3 is 15.1 Å². The summed E-state index contributed by atoms with van der Waals surface area (Å²) in [5.74, 6) is 0.590. The van der Waals surface area contributed by atoms with Gasteiger partial charge in [0.15, 0.2) is 11.5 Å². The van der Waals surface area contributed by atoms with Crippen LogP contribution in [-0.2, 0) is 6.42 Å². The van der Waals surface area contributed by atoms with E-state index in [-0.39, 0.29) is 5.91 Å². The van der Waals surface area contributed by atoms with Crippen LogP contribution in [0.2, 0.25) is 0 Å². The highest BCUT2D eigenvalue weighted by molar-refractivity contribution is 5.92. The summed E-state index contributed by atoms with van der Waals surface area (Å²) in [6.45, 7) is 2.28. The lowest BCUT2D eigenvalue weighted by Crippen LogP contribution is -2.32. The minimum atomic E-state index is -0.187. The maximum Gasteiger partial charge on any atom is 0.271 e. The minimum Gasteiger partial charge on any atom is -0.349 e. The molecule has 1 aliphatic rings. The summed E-state index contributed by atoms with van der Waals surface area (Å²) in [6, 6.07) is 11.9. The molecule has 1 aromatic heterocycles. The Hall–Kier alpha value is -2.47. The molecule has 1 amide bonds. The van der Waals surface area contributed by atoms with Gasteiger partial charge >= 0.3 is 0 Å². The number of nitrogens with zero attached hydrogens (tertiary/aromatic N) is 4. The quantitative estimate of drug-likeness (QED) is 0.906. The Kier molecular flexibility index (Phi) is 4.52. The molecule has 6 nitrogen and oxygen atoms in total. The van der Waals surface area contributed by atoms with E-state index in [2.05, 4.69) is 38.6 Å². The number of rotatable bonds is 5. The van der Waals surface area contributed by atoms with Crippen LogP contribution in [0.4, 0.5) is 11.5 Å². The summed E-state index contributed by atoms with van der Waals surface area (Å²) in [6.07, 6.45) is 1.00. The molecule has 0 radical (unpaired) electrons. The average molecular weight is 311 g/mol. The van der Waals surface area contributed by atoms with Gasteiger partial charge in [0, 0.05) is 25.3 Å². The highest BCUT2D eigenvalue weighted by atomic mass is 16.1. The van der Waals surface area contributed by atoms with Crippen molar-refractivity contribution < 1.29 is 4.79 Å². The molecule has 0 unspecified atom stereocenters. The average Bonchev–Trinajstić information content (AvgIpc) is 2.98. The molecule has 6 heteroatoms. The van der Waals surface area contributed by atoms with Crippen LogP contribution >= 0.6 is 0 Å². The van der Waals surface area contributed by atoms with Crippen molar-refractivity contribution in [3.05, 3.63) is 47.7 Å². The van der Waals surface area contributed by atoms with E-state index < -0.39 is 0 Å². The zero-order valence-corrected chi connectivity index (χ0v) is 13.5. The Bertz CT molecular complexity index is 684. The number of hydrogen-bond acceptors (Lipinski definition) is 5. The fraction of sp³-hybridized carbons (Fsp3) is 0.353. The number of para-hydroxylation sites is 1. The largest absolute Gasteiger partial charge is 0.349 e. The minimum absolute atomic E-state index is 0.187. The lowest BCUT2D eigenvalue weighted by Gasteiger charge is -2.17. The summed E-state index contributed by atoms with van der Waals surface area (Å²) < 4.78 is 0. The van der Waals surface area contributed by atoms with E-state index in [1.807, 2.05) is 31.1 Å². The van der Waals surface area contributed by atoms with Crippen molar-refractivity contribution in [2.45, 2.75) is 6.42 Å². The van der Waals surface area contributed by atoms with Crippen LogP contribution in [-0.4, -0.2) is 54.7 Å². The van der Waals surface area contributed by atoms with Crippen LogP contribution in [0.1, 0.15) is 16.1 Å². The van der Waals surface area contributed by atoms with E-state index in [1.54, 1.807) is 6.07 Å².